The summed E-state index contributed by atoms with van der Waals surface area (Å²) >= 11 is 4.97. The van der Waals surface area contributed by atoms with E-state index in [1.54, 1.807) is 7.11 Å². The number of benzene rings is 1. The van der Waals surface area contributed by atoms with Crippen molar-refractivity contribution >= 4 is 28.1 Å². The van der Waals surface area contributed by atoms with Gasteiger partial charge in [0.05, 0.1) is 17.1 Å². The molecule has 2 rings (SSSR count). The Morgan fingerprint density at radius 2 is 2.19 bits per heavy atom. The highest BCUT2D eigenvalue weighted by Crippen LogP contribution is 2.15. The Kier molecular flexibility index (Phi) is 6.04. The Morgan fingerprint density at radius 1 is 1.33 bits per heavy atom. The number of aromatic nitrogens is 1. The van der Waals surface area contributed by atoms with Crippen molar-refractivity contribution in [1.82, 2.24) is 9.88 Å². The highest BCUT2D eigenvalue weighted by molar-refractivity contribution is 7.80. The van der Waals surface area contributed by atoms with Crippen molar-refractivity contribution in [2.75, 3.05) is 26.8 Å². The minimum atomic E-state index is 0.556. The van der Waals surface area contributed by atoms with E-state index >= 15 is 0 Å². The average molecular weight is 303 g/mol. The number of fused-ring (bicyclic) bond motifs is 1. The van der Waals surface area contributed by atoms with Gasteiger partial charge in [-0.1, -0.05) is 24.4 Å². The predicted octanol–water partition coefficient (Wildman–Crippen LogP) is 2.36. The van der Waals surface area contributed by atoms with Crippen molar-refractivity contribution in [2.45, 2.75) is 13.0 Å². The van der Waals surface area contributed by atoms with Crippen LogP contribution >= 0.6 is 12.2 Å². The van der Waals surface area contributed by atoms with E-state index in [-0.39, 0.29) is 0 Å². The molecule has 0 atom stereocenters. The van der Waals surface area contributed by atoms with Crippen LogP contribution < -0.4 is 5.73 Å². The van der Waals surface area contributed by atoms with Gasteiger partial charge in [0.25, 0.3) is 0 Å². The maximum Gasteiger partial charge on any atom is 0.0740 e. The molecule has 0 radical (unpaired) electrons. The van der Waals surface area contributed by atoms with Gasteiger partial charge in [-0.15, -0.1) is 0 Å². The molecule has 1 aromatic carbocycles. The lowest BCUT2D eigenvalue weighted by Gasteiger charge is -2.22. The van der Waals surface area contributed by atoms with Crippen LogP contribution in [0, 0.1) is 0 Å². The number of methoxy groups -OCH3 is 1. The molecule has 112 valence electrons. The van der Waals surface area contributed by atoms with Crippen molar-refractivity contribution in [2.24, 2.45) is 5.73 Å². The summed E-state index contributed by atoms with van der Waals surface area (Å²) in [5, 5.41) is 1.16. The lowest BCUT2D eigenvalue weighted by atomic mass is 10.1. The van der Waals surface area contributed by atoms with Gasteiger partial charge in [-0.3, -0.25) is 9.88 Å². The Bertz CT molecular complexity index is 603. The molecule has 0 saturated heterocycles. The Balaban J connectivity index is 2.07. The number of pyridine rings is 1. The number of rotatable bonds is 8. The standard InChI is InChI=1S/C16H21N3OS/c1-20-10-9-19(8-6-16(17)21)12-13-4-5-15-14(11-13)3-2-7-18-15/h2-5,7,11H,6,8-10,12H2,1H3,(H2,17,21). The summed E-state index contributed by atoms with van der Waals surface area (Å²) in [6.07, 6.45) is 2.54. The van der Waals surface area contributed by atoms with Crippen molar-refractivity contribution in [3.63, 3.8) is 0 Å². The lowest BCUT2D eigenvalue weighted by molar-refractivity contribution is 0.146. The third-order valence-corrected chi connectivity index (χ3v) is 3.56. The highest BCUT2D eigenvalue weighted by Gasteiger charge is 2.07. The summed E-state index contributed by atoms with van der Waals surface area (Å²) in [7, 11) is 1.72. The number of nitrogens with two attached hydrogens (primary N) is 1. The molecule has 1 heterocycles. The molecule has 21 heavy (non-hydrogen) atoms. The molecule has 2 N–H and O–H groups in total. The smallest absolute Gasteiger partial charge is 0.0740 e. The number of thiocarbonyl (C=S) groups is 1. The van der Waals surface area contributed by atoms with E-state index in [0.717, 1.165) is 37.0 Å². The molecule has 0 fully saturated rings. The van der Waals surface area contributed by atoms with Crippen LogP contribution in [0.1, 0.15) is 12.0 Å². The van der Waals surface area contributed by atoms with E-state index in [4.69, 9.17) is 22.7 Å². The quantitative estimate of drug-likeness (QED) is 0.759. The maximum atomic E-state index is 5.60. The maximum absolute atomic E-state index is 5.60. The number of hydrogen-bond acceptors (Lipinski definition) is 4. The van der Waals surface area contributed by atoms with Crippen LogP contribution in [0.2, 0.25) is 0 Å². The van der Waals surface area contributed by atoms with E-state index in [2.05, 4.69) is 34.1 Å². The van der Waals surface area contributed by atoms with Gasteiger partial charge < -0.3 is 10.5 Å². The van der Waals surface area contributed by atoms with Gasteiger partial charge >= 0.3 is 0 Å². The molecule has 0 aliphatic carbocycles. The van der Waals surface area contributed by atoms with Crippen LogP contribution in [0.15, 0.2) is 36.5 Å². The van der Waals surface area contributed by atoms with Gasteiger partial charge in [0.2, 0.25) is 0 Å². The minimum Gasteiger partial charge on any atom is -0.393 e. The second-order valence-electron chi connectivity index (χ2n) is 5.02. The summed E-state index contributed by atoms with van der Waals surface area (Å²) in [4.78, 5) is 7.20. The normalized spacial score (nSPS) is 11.1. The first-order valence-electron chi connectivity index (χ1n) is 7.02. The van der Waals surface area contributed by atoms with Gasteiger partial charge in [0.15, 0.2) is 0 Å². The molecule has 1 aromatic heterocycles. The van der Waals surface area contributed by atoms with Gasteiger partial charge in [0.1, 0.15) is 0 Å². The Labute approximate surface area is 130 Å². The second kappa shape index (κ2) is 8.02. The topological polar surface area (TPSA) is 51.4 Å². The summed E-state index contributed by atoms with van der Waals surface area (Å²) in [5.74, 6) is 0. The predicted molar refractivity (Wildman–Crippen MR) is 90.3 cm³/mol. The van der Waals surface area contributed by atoms with Crippen molar-refractivity contribution < 1.29 is 4.74 Å². The fraction of sp³-hybridized carbons (Fsp3) is 0.375. The zero-order valence-electron chi connectivity index (χ0n) is 12.3. The van der Waals surface area contributed by atoms with Gasteiger partial charge in [0, 0.05) is 44.7 Å². The summed E-state index contributed by atoms with van der Waals surface area (Å²) in [6, 6.07) is 10.4. The zero-order valence-corrected chi connectivity index (χ0v) is 13.1. The van der Waals surface area contributed by atoms with Crippen LogP contribution in [-0.2, 0) is 11.3 Å². The van der Waals surface area contributed by atoms with E-state index < -0.39 is 0 Å². The van der Waals surface area contributed by atoms with Crippen LogP contribution in [0.25, 0.3) is 10.9 Å². The highest BCUT2D eigenvalue weighted by atomic mass is 32.1. The monoisotopic (exact) mass is 303 g/mol. The van der Waals surface area contributed by atoms with Gasteiger partial charge in [-0.05, 0) is 23.8 Å². The summed E-state index contributed by atoms with van der Waals surface area (Å²) < 4.78 is 5.17. The molecule has 4 nitrogen and oxygen atoms in total. The molecule has 5 heteroatoms. The third-order valence-electron chi connectivity index (χ3n) is 3.36. The molecule has 0 spiro atoms. The van der Waals surface area contributed by atoms with Crippen molar-refractivity contribution in [3.8, 4) is 0 Å². The first-order chi connectivity index (χ1) is 10.2. The fourth-order valence-corrected chi connectivity index (χ4v) is 2.33. The molecular formula is C16H21N3OS. The largest absolute Gasteiger partial charge is 0.393 e. The molecule has 0 aliphatic heterocycles. The van der Waals surface area contributed by atoms with Gasteiger partial charge in [-0.25, -0.2) is 0 Å². The Morgan fingerprint density at radius 3 is 2.95 bits per heavy atom. The SMILES string of the molecule is COCCN(CCC(N)=S)Cc1ccc2ncccc2c1. The molecule has 0 saturated carbocycles. The number of ether oxygens (including phenoxy) is 1. The number of nitrogens with zero attached hydrogens (tertiary/aromatic N) is 2. The first-order valence-corrected chi connectivity index (χ1v) is 7.43. The molecule has 0 aliphatic rings. The van der Waals surface area contributed by atoms with Crippen molar-refractivity contribution in [1.29, 1.82) is 0 Å². The van der Waals surface area contributed by atoms with Crippen LogP contribution in [-0.4, -0.2) is 41.7 Å². The fourth-order valence-electron chi connectivity index (χ4n) is 2.24. The van der Waals surface area contributed by atoms with E-state index in [1.165, 1.54) is 5.56 Å². The summed E-state index contributed by atoms with van der Waals surface area (Å²) in [5.41, 5.74) is 7.88. The zero-order chi connectivity index (χ0) is 15.1. The van der Waals surface area contributed by atoms with E-state index in [0.29, 0.717) is 11.6 Å². The first kappa shape index (κ1) is 15.8. The minimum absolute atomic E-state index is 0.556. The molecule has 0 amide bonds. The van der Waals surface area contributed by atoms with Crippen LogP contribution in [0.3, 0.4) is 0 Å². The van der Waals surface area contributed by atoms with E-state index in [9.17, 15) is 0 Å². The number of hydrogen-bond donors (Lipinski definition) is 1. The summed E-state index contributed by atoms with van der Waals surface area (Å²) in [6.45, 7) is 3.28. The second-order valence-corrected chi connectivity index (χ2v) is 5.54. The lowest BCUT2D eigenvalue weighted by Crippen LogP contribution is -2.30. The third kappa shape index (κ3) is 5.04. The van der Waals surface area contributed by atoms with Crippen LogP contribution in [0.4, 0.5) is 0 Å². The average Bonchev–Trinajstić information content (AvgIpc) is 2.49. The van der Waals surface area contributed by atoms with Gasteiger partial charge in [-0.2, -0.15) is 0 Å². The molecule has 2 aromatic rings. The van der Waals surface area contributed by atoms with Crippen molar-refractivity contribution in [3.05, 3.63) is 42.1 Å². The molecule has 0 bridgehead atoms. The molecule has 0 unspecified atom stereocenters. The Hall–Kier alpha value is -1.56. The molecular weight excluding hydrogens is 282 g/mol. The van der Waals surface area contributed by atoms with E-state index in [1.807, 2.05) is 12.3 Å². The van der Waals surface area contributed by atoms with Crippen LogP contribution in [0.5, 0.6) is 0 Å².